The first-order valence-electron chi connectivity index (χ1n) is 6.98. The first-order valence-corrected chi connectivity index (χ1v) is 6.98. The molecule has 8 heteroatoms. The van der Waals surface area contributed by atoms with Crippen LogP contribution in [0.2, 0.25) is 0 Å². The van der Waals surface area contributed by atoms with Crippen LogP contribution in [-0.4, -0.2) is 30.8 Å². The van der Waals surface area contributed by atoms with Crippen molar-refractivity contribution in [3.63, 3.8) is 0 Å². The van der Waals surface area contributed by atoms with Crippen LogP contribution in [0.5, 0.6) is 0 Å². The van der Waals surface area contributed by atoms with Crippen LogP contribution in [0.15, 0.2) is 18.2 Å². The lowest BCUT2D eigenvalue weighted by Crippen LogP contribution is -2.14. The van der Waals surface area contributed by atoms with Crippen LogP contribution in [0, 0.1) is 11.6 Å². The Balaban J connectivity index is 1.72. The predicted octanol–water partition coefficient (Wildman–Crippen LogP) is 2.14. The predicted molar refractivity (Wildman–Crippen MR) is 72.9 cm³/mol. The number of aromatic nitrogens is 6. The van der Waals surface area contributed by atoms with E-state index in [1.165, 1.54) is 0 Å². The molecule has 0 aliphatic heterocycles. The molecular formula is C14H12F2N6. The number of H-pyrrole nitrogens is 2. The lowest BCUT2D eigenvalue weighted by molar-refractivity contribution is 0.474. The Morgan fingerprint density at radius 2 is 2.09 bits per heavy atom. The van der Waals surface area contributed by atoms with Gasteiger partial charge in [0, 0.05) is 11.3 Å². The molecule has 0 amide bonds. The van der Waals surface area contributed by atoms with Crippen LogP contribution in [0.4, 0.5) is 8.78 Å². The normalized spacial score (nSPS) is 17.5. The van der Waals surface area contributed by atoms with Crippen molar-refractivity contribution in [3.8, 4) is 11.5 Å². The Bertz CT molecular complexity index is 811. The molecule has 1 aliphatic carbocycles. The number of hydrogen-bond donors (Lipinski definition) is 2. The van der Waals surface area contributed by atoms with Crippen molar-refractivity contribution < 1.29 is 8.78 Å². The largest absolute Gasteiger partial charge is 0.282 e. The summed E-state index contributed by atoms with van der Waals surface area (Å²) >= 11 is 0. The van der Waals surface area contributed by atoms with Crippen molar-refractivity contribution >= 4 is 0 Å². The Hall–Kier alpha value is -2.64. The molecule has 4 rings (SSSR count). The average molecular weight is 302 g/mol. The van der Waals surface area contributed by atoms with Gasteiger partial charge in [-0.15, -0.1) is 10.2 Å². The summed E-state index contributed by atoms with van der Waals surface area (Å²) in [5.41, 5.74) is 2.96. The average Bonchev–Trinajstić information content (AvgIpc) is 3.18. The van der Waals surface area contributed by atoms with Crippen molar-refractivity contribution in [2.24, 2.45) is 0 Å². The van der Waals surface area contributed by atoms with Crippen LogP contribution in [-0.2, 0) is 12.8 Å². The quantitative estimate of drug-likeness (QED) is 0.759. The summed E-state index contributed by atoms with van der Waals surface area (Å²) in [4.78, 5) is 0. The highest BCUT2D eigenvalue weighted by molar-refractivity contribution is 5.56. The minimum absolute atomic E-state index is 0.0912. The molecule has 2 heterocycles. The zero-order chi connectivity index (χ0) is 15.1. The number of rotatable bonds is 2. The number of nitrogens with zero attached hydrogens (tertiary/aromatic N) is 4. The number of aryl methyl sites for hydroxylation is 1. The molecule has 0 bridgehead atoms. The topological polar surface area (TPSA) is 83.1 Å². The fraction of sp³-hybridized carbons (Fsp3) is 0.286. The van der Waals surface area contributed by atoms with Gasteiger partial charge in [-0.2, -0.15) is 10.3 Å². The molecule has 3 aromatic rings. The Kier molecular flexibility index (Phi) is 2.95. The third kappa shape index (κ3) is 1.99. The molecule has 1 unspecified atom stereocenters. The SMILES string of the molecule is Fc1cccc(C2CCc3[nH]nc(-c4nn[nH]n4)c3C2)c1F. The summed E-state index contributed by atoms with van der Waals surface area (Å²) in [6.45, 7) is 0. The van der Waals surface area contributed by atoms with Gasteiger partial charge in [0.2, 0.25) is 5.82 Å². The summed E-state index contributed by atoms with van der Waals surface area (Å²) in [5, 5.41) is 21.0. The lowest BCUT2D eigenvalue weighted by atomic mass is 9.81. The molecule has 2 aromatic heterocycles. The van der Waals surface area contributed by atoms with Gasteiger partial charge >= 0.3 is 0 Å². The second-order valence-corrected chi connectivity index (χ2v) is 5.35. The lowest BCUT2D eigenvalue weighted by Gasteiger charge is -2.23. The smallest absolute Gasteiger partial charge is 0.225 e. The van der Waals surface area contributed by atoms with Crippen molar-refractivity contribution in [2.45, 2.75) is 25.2 Å². The van der Waals surface area contributed by atoms with Gasteiger partial charge in [-0.3, -0.25) is 5.10 Å². The van der Waals surface area contributed by atoms with Gasteiger partial charge in [-0.05, 0) is 42.0 Å². The molecule has 0 spiro atoms. The Morgan fingerprint density at radius 3 is 2.91 bits per heavy atom. The molecule has 1 atom stereocenters. The van der Waals surface area contributed by atoms with E-state index in [4.69, 9.17) is 0 Å². The first kappa shape index (κ1) is 13.1. The molecule has 22 heavy (non-hydrogen) atoms. The van der Waals surface area contributed by atoms with Crippen LogP contribution >= 0.6 is 0 Å². The van der Waals surface area contributed by atoms with E-state index in [2.05, 4.69) is 30.8 Å². The summed E-state index contributed by atoms with van der Waals surface area (Å²) in [5.74, 6) is -1.27. The second kappa shape index (κ2) is 4.97. The molecule has 2 N–H and O–H groups in total. The van der Waals surface area contributed by atoms with Gasteiger partial charge in [0.05, 0.1) is 0 Å². The van der Waals surface area contributed by atoms with E-state index in [9.17, 15) is 8.78 Å². The van der Waals surface area contributed by atoms with Gasteiger partial charge in [-0.1, -0.05) is 12.1 Å². The molecule has 6 nitrogen and oxygen atoms in total. The third-order valence-electron chi connectivity index (χ3n) is 4.12. The molecule has 0 radical (unpaired) electrons. The number of aromatic amines is 2. The molecule has 0 saturated heterocycles. The molecule has 1 aromatic carbocycles. The number of nitrogens with one attached hydrogen (secondary N) is 2. The summed E-state index contributed by atoms with van der Waals surface area (Å²) in [6.07, 6.45) is 2.03. The number of halogens is 2. The molecular weight excluding hydrogens is 290 g/mol. The van der Waals surface area contributed by atoms with Crippen LogP contribution in [0.25, 0.3) is 11.5 Å². The Morgan fingerprint density at radius 1 is 1.18 bits per heavy atom. The highest BCUT2D eigenvalue weighted by Crippen LogP contribution is 2.36. The highest BCUT2D eigenvalue weighted by Gasteiger charge is 2.28. The maximum atomic E-state index is 14.0. The van der Waals surface area contributed by atoms with Crippen LogP contribution in [0.3, 0.4) is 0 Å². The van der Waals surface area contributed by atoms with Crippen LogP contribution in [0.1, 0.15) is 29.2 Å². The van der Waals surface area contributed by atoms with Gasteiger partial charge in [0.1, 0.15) is 5.69 Å². The second-order valence-electron chi connectivity index (χ2n) is 5.35. The fourth-order valence-corrected chi connectivity index (χ4v) is 3.04. The minimum atomic E-state index is -0.811. The molecule has 112 valence electrons. The van der Waals surface area contributed by atoms with Crippen molar-refractivity contribution in [1.29, 1.82) is 0 Å². The number of fused-ring (bicyclic) bond motifs is 1. The van der Waals surface area contributed by atoms with E-state index in [1.54, 1.807) is 12.1 Å². The van der Waals surface area contributed by atoms with E-state index in [0.29, 0.717) is 23.5 Å². The zero-order valence-corrected chi connectivity index (χ0v) is 11.5. The molecule has 1 aliphatic rings. The van der Waals surface area contributed by atoms with Crippen LogP contribution < -0.4 is 0 Å². The Labute approximate surface area is 124 Å². The van der Waals surface area contributed by atoms with E-state index < -0.39 is 11.6 Å². The third-order valence-corrected chi connectivity index (χ3v) is 4.12. The highest BCUT2D eigenvalue weighted by atomic mass is 19.2. The summed E-state index contributed by atoms with van der Waals surface area (Å²) < 4.78 is 27.5. The number of hydrogen-bond acceptors (Lipinski definition) is 4. The van der Waals surface area contributed by atoms with Gasteiger partial charge < -0.3 is 0 Å². The van der Waals surface area contributed by atoms with E-state index >= 15 is 0 Å². The standard InChI is InChI=1S/C14H12F2N6/c15-10-3-1-2-8(12(10)16)7-4-5-11-9(6-7)13(18-17-11)14-19-21-22-20-14/h1-3,7H,4-6H2,(H,17,18)(H,19,20,21,22). The monoisotopic (exact) mass is 302 g/mol. The van der Waals surface area contributed by atoms with Gasteiger partial charge in [-0.25, -0.2) is 8.78 Å². The fourth-order valence-electron chi connectivity index (χ4n) is 3.04. The summed E-state index contributed by atoms with van der Waals surface area (Å²) in [6, 6.07) is 4.32. The van der Waals surface area contributed by atoms with E-state index in [-0.39, 0.29) is 5.92 Å². The molecule has 0 saturated carbocycles. The molecule has 0 fully saturated rings. The van der Waals surface area contributed by atoms with Crippen molar-refractivity contribution in [3.05, 3.63) is 46.7 Å². The van der Waals surface area contributed by atoms with E-state index in [0.717, 1.165) is 30.2 Å². The van der Waals surface area contributed by atoms with Crippen molar-refractivity contribution in [1.82, 2.24) is 30.8 Å². The maximum Gasteiger partial charge on any atom is 0.225 e. The zero-order valence-electron chi connectivity index (χ0n) is 11.5. The van der Waals surface area contributed by atoms with E-state index in [1.807, 2.05) is 0 Å². The number of tetrazole rings is 1. The van der Waals surface area contributed by atoms with Gasteiger partial charge in [0.15, 0.2) is 11.6 Å². The summed E-state index contributed by atoms with van der Waals surface area (Å²) in [7, 11) is 0. The van der Waals surface area contributed by atoms with Crippen molar-refractivity contribution in [2.75, 3.05) is 0 Å². The maximum absolute atomic E-state index is 14.0. The first-order chi connectivity index (χ1) is 10.7. The van der Waals surface area contributed by atoms with Gasteiger partial charge in [0.25, 0.3) is 0 Å². The number of benzene rings is 1. The minimum Gasteiger partial charge on any atom is -0.282 e.